The van der Waals surface area contributed by atoms with Crippen LogP contribution in [0.15, 0.2) is 29.6 Å². The van der Waals surface area contributed by atoms with Gasteiger partial charge in [-0.25, -0.2) is 4.39 Å². The summed E-state index contributed by atoms with van der Waals surface area (Å²) in [6.07, 6.45) is 2.12. The Morgan fingerprint density at radius 2 is 2.05 bits per heavy atom. The Labute approximate surface area is 124 Å². The van der Waals surface area contributed by atoms with E-state index in [4.69, 9.17) is 0 Å². The Balaban J connectivity index is 2.38. The normalized spacial score (nSPS) is 12.6. The van der Waals surface area contributed by atoms with E-state index < -0.39 is 0 Å². The zero-order valence-electron chi connectivity index (χ0n) is 12.4. The van der Waals surface area contributed by atoms with Crippen molar-refractivity contribution >= 4 is 11.3 Å². The molecule has 0 saturated heterocycles. The summed E-state index contributed by atoms with van der Waals surface area (Å²) in [5.41, 5.74) is 3.24. The molecule has 2 aromatic rings. The number of halogens is 1. The van der Waals surface area contributed by atoms with Crippen LogP contribution >= 0.6 is 11.3 Å². The van der Waals surface area contributed by atoms with Crippen LogP contribution in [-0.2, 0) is 6.42 Å². The second-order valence-electron chi connectivity index (χ2n) is 5.06. The van der Waals surface area contributed by atoms with Gasteiger partial charge in [0.2, 0.25) is 0 Å². The third kappa shape index (κ3) is 3.28. The molecule has 20 heavy (non-hydrogen) atoms. The van der Waals surface area contributed by atoms with Crippen LogP contribution in [-0.4, -0.2) is 6.54 Å². The van der Waals surface area contributed by atoms with Crippen LogP contribution in [0.3, 0.4) is 0 Å². The minimum atomic E-state index is -0.134. The SMILES string of the molecule is CCCNC(c1ccc(F)c(C)c1)c1sccc1CC. The van der Waals surface area contributed by atoms with Crippen molar-refractivity contribution in [2.45, 2.75) is 39.7 Å². The highest BCUT2D eigenvalue weighted by atomic mass is 32.1. The Kier molecular flexibility index (Phi) is 5.32. The van der Waals surface area contributed by atoms with Crippen LogP contribution in [0.2, 0.25) is 0 Å². The Hall–Kier alpha value is -1.19. The number of rotatable bonds is 6. The molecule has 0 radical (unpaired) electrons. The number of thiophene rings is 1. The van der Waals surface area contributed by atoms with E-state index in [2.05, 4.69) is 30.6 Å². The lowest BCUT2D eigenvalue weighted by Gasteiger charge is -2.20. The minimum Gasteiger partial charge on any atom is -0.306 e. The van der Waals surface area contributed by atoms with Gasteiger partial charge >= 0.3 is 0 Å². The van der Waals surface area contributed by atoms with E-state index in [0.717, 1.165) is 24.9 Å². The summed E-state index contributed by atoms with van der Waals surface area (Å²) in [6, 6.07) is 7.79. The molecule has 0 fully saturated rings. The topological polar surface area (TPSA) is 12.0 Å². The fraction of sp³-hybridized carbons (Fsp3) is 0.412. The molecule has 1 N–H and O–H groups in total. The van der Waals surface area contributed by atoms with Crippen LogP contribution in [0.1, 0.15) is 47.9 Å². The quantitative estimate of drug-likeness (QED) is 0.802. The molecule has 0 saturated carbocycles. The van der Waals surface area contributed by atoms with Gasteiger partial charge in [-0.3, -0.25) is 0 Å². The van der Waals surface area contributed by atoms with E-state index in [9.17, 15) is 4.39 Å². The summed E-state index contributed by atoms with van der Waals surface area (Å²) in [4.78, 5) is 1.35. The lowest BCUT2D eigenvalue weighted by molar-refractivity contribution is 0.593. The van der Waals surface area contributed by atoms with Crippen LogP contribution in [0.25, 0.3) is 0 Å². The van der Waals surface area contributed by atoms with Crippen LogP contribution in [0.5, 0.6) is 0 Å². The molecule has 0 aliphatic heterocycles. The van der Waals surface area contributed by atoms with Crippen molar-refractivity contribution in [3.8, 4) is 0 Å². The molecule has 0 bridgehead atoms. The monoisotopic (exact) mass is 291 g/mol. The molecule has 1 atom stereocenters. The maximum absolute atomic E-state index is 13.5. The smallest absolute Gasteiger partial charge is 0.126 e. The summed E-state index contributed by atoms with van der Waals surface area (Å²) in [6.45, 7) is 7.13. The van der Waals surface area contributed by atoms with Crippen molar-refractivity contribution in [2.75, 3.05) is 6.54 Å². The summed E-state index contributed by atoms with van der Waals surface area (Å²) in [5.74, 6) is -0.134. The molecule has 1 unspecified atom stereocenters. The molecule has 2 rings (SSSR count). The van der Waals surface area contributed by atoms with Gasteiger partial charge in [-0.2, -0.15) is 0 Å². The Morgan fingerprint density at radius 1 is 1.25 bits per heavy atom. The predicted octanol–water partition coefficient (Wildman–Crippen LogP) is 4.85. The molecule has 1 nitrogen and oxygen atoms in total. The molecular weight excluding hydrogens is 269 g/mol. The summed E-state index contributed by atoms with van der Waals surface area (Å²) >= 11 is 1.78. The van der Waals surface area contributed by atoms with Crippen molar-refractivity contribution in [3.05, 3.63) is 57.0 Å². The van der Waals surface area contributed by atoms with E-state index in [1.807, 2.05) is 19.1 Å². The van der Waals surface area contributed by atoms with E-state index >= 15 is 0 Å². The second-order valence-corrected chi connectivity index (χ2v) is 6.01. The van der Waals surface area contributed by atoms with Crippen molar-refractivity contribution in [2.24, 2.45) is 0 Å². The van der Waals surface area contributed by atoms with Gasteiger partial charge in [-0.05, 0) is 60.5 Å². The Morgan fingerprint density at radius 3 is 2.70 bits per heavy atom. The lowest BCUT2D eigenvalue weighted by Crippen LogP contribution is -2.23. The minimum absolute atomic E-state index is 0.134. The molecular formula is C17H22FNS. The first-order chi connectivity index (χ1) is 9.67. The second kappa shape index (κ2) is 7.00. The van der Waals surface area contributed by atoms with Gasteiger partial charge in [-0.1, -0.05) is 26.0 Å². The number of hydrogen-bond donors (Lipinski definition) is 1. The standard InChI is InChI=1S/C17H22FNS/c1-4-9-19-16(17-13(5-2)8-10-20-17)14-6-7-15(18)12(3)11-14/h6-8,10-11,16,19H,4-5,9H2,1-3H3. The average Bonchev–Trinajstić information content (AvgIpc) is 2.91. The third-order valence-electron chi connectivity index (χ3n) is 3.54. The van der Waals surface area contributed by atoms with Crippen molar-refractivity contribution in [1.29, 1.82) is 0 Å². The summed E-state index contributed by atoms with van der Waals surface area (Å²) < 4.78 is 13.5. The average molecular weight is 291 g/mol. The fourth-order valence-corrected chi connectivity index (χ4v) is 3.49. The van der Waals surface area contributed by atoms with Crippen LogP contribution < -0.4 is 5.32 Å². The maximum atomic E-state index is 13.5. The largest absolute Gasteiger partial charge is 0.306 e. The highest BCUT2D eigenvalue weighted by Gasteiger charge is 2.18. The van der Waals surface area contributed by atoms with E-state index in [-0.39, 0.29) is 11.9 Å². The first kappa shape index (κ1) is 15.2. The van der Waals surface area contributed by atoms with Crippen molar-refractivity contribution in [1.82, 2.24) is 5.32 Å². The Bertz CT molecular complexity index is 562. The van der Waals surface area contributed by atoms with Crippen molar-refractivity contribution in [3.63, 3.8) is 0 Å². The van der Waals surface area contributed by atoms with Gasteiger partial charge < -0.3 is 5.32 Å². The number of hydrogen-bond acceptors (Lipinski definition) is 2. The van der Waals surface area contributed by atoms with Gasteiger partial charge in [-0.15, -0.1) is 11.3 Å². The van der Waals surface area contributed by atoms with Gasteiger partial charge in [0.05, 0.1) is 6.04 Å². The highest BCUT2D eigenvalue weighted by molar-refractivity contribution is 7.10. The predicted molar refractivity (Wildman–Crippen MR) is 85.0 cm³/mol. The van der Waals surface area contributed by atoms with Crippen LogP contribution in [0, 0.1) is 12.7 Å². The lowest BCUT2D eigenvalue weighted by atomic mass is 9.99. The first-order valence-corrected chi connectivity index (χ1v) is 8.11. The van der Waals surface area contributed by atoms with E-state index in [0.29, 0.717) is 5.56 Å². The molecule has 1 aromatic carbocycles. The molecule has 0 amide bonds. The molecule has 0 aliphatic rings. The van der Waals surface area contributed by atoms with E-state index in [1.165, 1.54) is 10.4 Å². The van der Waals surface area contributed by atoms with Gasteiger partial charge in [0.15, 0.2) is 0 Å². The van der Waals surface area contributed by atoms with Crippen LogP contribution in [0.4, 0.5) is 4.39 Å². The maximum Gasteiger partial charge on any atom is 0.126 e. The zero-order chi connectivity index (χ0) is 14.5. The fourth-order valence-electron chi connectivity index (χ4n) is 2.39. The number of aryl methyl sites for hydroxylation is 2. The third-order valence-corrected chi connectivity index (χ3v) is 4.56. The van der Waals surface area contributed by atoms with Crippen molar-refractivity contribution < 1.29 is 4.39 Å². The molecule has 0 spiro atoms. The summed E-state index contributed by atoms with van der Waals surface area (Å²) in [5, 5.41) is 5.74. The van der Waals surface area contributed by atoms with Gasteiger partial charge in [0, 0.05) is 4.88 Å². The molecule has 0 aliphatic carbocycles. The summed E-state index contributed by atoms with van der Waals surface area (Å²) in [7, 11) is 0. The first-order valence-electron chi connectivity index (χ1n) is 7.23. The number of nitrogens with one attached hydrogen (secondary N) is 1. The van der Waals surface area contributed by atoms with Gasteiger partial charge in [0.25, 0.3) is 0 Å². The molecule has 1 heterocycles. The van der Waals surface area contributed by atoms with Gasteiger partial charge in [0.1, 0.15) is 5.82 Å². The molecule has 1 aromatic heterocycles. The van der Waals surface area contributed by atoms with E-state index in [1.54, 1.807) is 17.4 Å². The number of benzene rings is 1. The highest BCUT2D eigenvalue weighted by Crippen LogP contribution is 2.31. The molecule has 108 valence electrons. The molecule has 3 heteroatoms. The zero-order valence-corrected chi connectivity index (χ0v) is 13.2.